The third kappa shape index (κ3) is 3.85. The van der Waals surface area contributed by atoms with E-state index in [0.717, 1.165) is 11.1 Å². The molecule has 1 amide bonds. The lowest BCUT2D eigenvalue weighted by Gasteiger charge is -2.09. The van der Waals surface area contributed by atoms with Gasteiger partial charge in [0.2, 0.25) is 0 Å². The molecular formula is C19H18FN3O2. The van der Waals surface area contributed by atoms with Gasteiger partial charge in [0, 0.05) is 23.4 Å². The SMILES string of the molecule is COc1cccc(C(=O)Nc2ccn(Cc3cccc(F)c3)n2)c1C. The molecule has 6 heteroatoms. The van der Waals surface area contributed by atoms with Gasteiger partial charge in [-0.25, -0.2) is 4.39 Å². The second-order valence-electron chi connectivity index (χ2n) is 5.62. The van der Waals surface area contributed by atoms with Crippen LogP contribution < -0.4 is 10.1 Å². The molecule has 2 aromatic carbocycles. The molecule has 0 saturated heterocycles. The molecule has 3 aromatic rings. The van der Waals surface area contributed by atoms with Gasteiger partial charge in [-0.1, -0.05) is 18.2 Å². The zero-order valence-electron chi connectivity index (χ0n) is 14.0. The van der Waals surface area contributed by atoms with E-state index in [0.29, 0.717) is 23.7 Å². The number of carbonyl (C=O) groups is 1. The van der Waals surface area contributed by atoms with Gasteiger partial charge >= 0.3 is 0 Å². The number of anilines is 1. The molecule has 1 N–H and O–H groups in total. The van der Waals surface area contributed by atoms with Gasteiger partial charge in [0.25, 0.3) is 5.91 Å². The molecule has 0 unspecified atom stereocenters. The van der Waals surface area contributed by atoms with Crippen molar-refractivity contribution in [2.45, 2.75) is 13.5 Å². The fourth-order valence-electron chi connectivity index (χ4n) is 2.60. The summed E-state index contributed by atoms with van der Waals surface area (Å²) in [6.45, 7) is 2.25. The van der Waals surface area contributed by atoms with Crippen LogP contribution in [0.5, 0.6) is 5.75 Å². The van der Waals surface area contributed by atoms with Crippen LogP contribution in [-0.2, 0) is 6.54 Å². The molecule has 0 fully saturated rings. The fourth-order valence-corrected chi connectivity index (χ4v) is 2.60. The van der Waals surface area contributed by atoms with Gasteiger partial charge in [0.15, 0.2) is 5.82 Å². The minimum atomic E-state index is -0.285. The lowest BCUT2D eigenvalue weighted by Crippen LogP contribution is -2.14. The van der Waals surface area contributed by atoms with Gasteiger partial charge in [-0.05, 0) is 36.8 Å². The van der Waals surface area contributed by atoms with E-state index in [1.165, 1.54) is 12.1 Å². The first kappa shape index (κ1) is 16.7. The molecular weight excluding hydrogens is 321 g/mol. The minimum Gasteiger partial charge on any atom is -0.496 e. The van der Waals surface area contributed by atoms with E-state index < -0.39 is 0 Å². The number of ether oxygens (including phenoxy) is 1. The molecule has 0 spiro atoms. The van der Waals surface area contributed by atoms with Crippen LogP contribution in [0, 0.1) is 12.7 Å². The summed E-state index contributed by atoms with van der Waals surface area (Å²) in [6.07, 6.45) is 1.74. The maximum absolute atomic E-state index is 13.2. The summed E-state index contributed by atoms with van der Waals surface area (Å²) in [7, 11) is 1.57. The van der Waals surface area contributed by atoms with Crippen molar-refractivity contribution in [3.8, 4) is 5.75 Å². The summed E-state index contributed by atoms with van der Waals surface area (Å²) >= 11 is 0. The Kier molecular flexibility index (Phi) is 4.79. The lowest BCUT2D eigenvalue weighted by molar-refractivity contribution is 0.102. The third-order valence-corrected chi connectivity index (χ3v) is 3.86. The zero-order chi connectivity index (χ0) is 17.8. The summed E-state index contributed by atoms with van der Waals surface area (Å²) in [4.78, 5) is 12.4. The van der Waals surface area contributed by atoms with Crippen molar-refractivity contribution < 1.29 is 13.9 Å². The topological polar surface area (TPSA) is 56.1 Å². The number of hydrogen-bond acceptors (Lipinski definition) is 3. The maximum atomic E-state index is 13.2. The van der Waals surface area contributed by atoms with Crippen molar-refractivity contribution in [3.63, 3.8) is 0 Å². The third-order valence-electron chi connectivity index (χ3n) is 3.86. The first-order valence-electron chi connectivity index (χ1n) is 7.79. The van der Waals surface area contributed by atoms with E-state index >= 15 is 0 Å². The molecule has 1 aromatic heterocycles. The Hall–Kier alpha value is -3.15. The Balaban J connectivity index is 1.72. The van der Waals surface area contributed by atoms with Gasteiger partial charge in [0.05, 0.1) is 13.7 Å². The van der Waals surface area contributed by atoms with E-state index in [1.807, 2.05) is 13.0 Å². The van der Waals surface area contributed by atoms with Gasteiger partial charge in [-0.3, -0.25) is 9.48 Å². The maximum Gasteiger partial charge on any atom is 0.257 e. The predicted octanol–water partition coefficient (Wildman–Crippen LogP) is 3.64. The zero-order valence-corrected chi connectivity index (χ0v) is 14.0. The number of carbonyl (C=O) groups excluding carboxylic acids is 1. The van der Waals surface area contributed by atoms with Crippen molar-refractivity contribution in [2.24, 2.45) is 0 Å². The average Bonchev–Trinajstić information content (AvgIpc) is 3.02. The van der Waals surface area contributed by atoms with Crippen LogP contribution in [0.2, 0.25) is 0 Å². The Bertz CT molecular complexity index is 905. The first-order chi connectivity index (χ1) is 12.1. The smallest absolute Gasteiger partial charge is 0.257 e. The van der Waals surface area contributed by atoms with E-state index in [9.17, 15) is 9.18 Å². The number of benzene rings is 2. The average molecular weight is 339 g/mol. The molecule has 1 heterocycles. The van der Waals surface area contributed by atoms with E-state index in [4.69, 9.17) is 4.74 Å². The molecule has 0 saturated carbocycles. The molecule has 128 valence electrons. The van der Waals surface area contributed by atoms with Crippen LogP contribution in [0.15, 0.2) is 54.7 Å². The summed E-state index contributed by atoms with van der Waals surface area (Å²) in [6, 6.07) is 13.3. The highest BCUT2D eigenvalue weighted by atomic mass is 19.1. The van der Waals surface area contributed by atoms with Crippen LogP contribution in [0.25, 0.3) is 0 Å². The number of nitrogens with one attached hydrogen (secondary N) is 1. The van der Waals surface area contributed by atoms with E-state index in [2.05, 4.69) is 10.4 Å². The fraction of sp³-hybridized carbons (Fsp3) is 0.158. The van der Waals surface area contributed by atoms with Crippen LogP contribution >= 0.6 is 0 Å². The highest BCUT2D eigenvalue weighted by Crippen LogP contribution is 2.21. The van der Waals surface area contributed by atoms with Crippen LogP contribution in [-0.4, -0.2) is 22.8 Å². The number of methoxy groups -OCH3 is 1. The van der Waals surface area contributed by atoms with Crippen LogP contribution in [0.4, 0.5) is 10.2 Å². The molecule has 5 nitrogen and oxygen atoms in total. The second-order valence-corrected chi connectivity index (χ2v) is 5.62. The first-order valence-corrected chi connectivity index (χ1v) is 7.79. The standard InChI is InChI=1S/C19H18FN3O2/c1-13-16(7-4-8-17(13)25-2)19(24)21-18-9-10-23(22-18)12-14-5-3-6-15(20)11-14/h3-11H,12H2,1-2H3,(H,21,22,24). The summed E-state index contributed by atoms with van der Waals surface area (Å²) < 4.78 is 20.1. The van der Waals surface area contributed by atoms with Crippen LogP contribution in [0.1, 0.15) is 21.5 Å². The largest absolute Gasteiger partial charge is 0.496 e. The molecule has 25 heavy (non-hydrogen) atoms. The molecule has 0 radical (unpaired) electrons. The normalized spacial score (nSPS) is 10.5. The van der Waals surface area contributed by atoms with Crippen molar-refractivity contribution in [3.05, 3.63) is 77.2 Å². The van der Waals surface area contributed by atoms with Gasteiger partial charge in [0.1, 0.15) is 11.6 Å². The highest BCUT2D eigenvalue weighted by molar-refractivity contribution is 6.05. The molecule has 0 aliphatic carbocycles. The Morgan fingerprint density at radius 1 is 1.24 bits per heavy atom. The predicted molar refractivity (Wildman–Crippen MR) is 93.4 cm³/mol. The molecule has 0 bridgehead atoms. The van der Waals surface area contributed by atoms with Gasteiger partial charge in [-0.15, -0.1) is 0 Å². The monoisotopic (exact) mass is 339 g/mol. The number of rotatable bonds is 5. The molecule has 3 rings (SSSR count). The van der Waals surface area contributed by atoms with E-state index in [-0.39, 0.29) is 11.7 Å². The highest BCUT2D eigenvalue weighted by Gasteiger charge is 2.13. The second kappa shape index (κ2) is 7.17. The van der Waals surface area contributed by atoms with E-state index in [1.54, 1.807) is 48.3 Å². The Morgan fingerprint density at radius 2 is 2.04 bits per heavy atom. The van der Waals surface area contributed by atoms with Crippen molar-refractivity contribution >= 4 is 11.7 Å². The number of halogens is 1. The Labute approximate surface area is 145 Å². The quantitative estimate of drug-likeness (QED) is 0.772. The Morgan fingerprint density at radius 3 is 2.80 bits per heavy atom. The number of amides is 1. The summed E-state index contributed by atoms with van der Waals surface area (Å²) in [5, 5.41) is 7.07. The number of hydrogen-bond donors (Lipinski definition) is 1. The molecule has 0 atom stereocenters. The minimum absolute atomic E-state index is 0.257. The lowest BCUT2D eigenvalue weighted by atomic mass is 10.1. The summed E-state index contributed by atoms with van der Waals surface area (Å²) in [5.41, 5.74) is 2.09. The van der Waals surface area contributed by atoms with Gasteiger partial charge in [-0.2, -0.15) is 5.10 Å². The molecule has 0 aliphatic rings. The van der Waals surface area contributed by atoms with Crippen molar-refractivity contribution in [2.75, 3.05) is 12.4 Å². The summed E-state index contributed by atoms with van der Waals surface area (Å²) in [5.74, 6) is 0.548. The van der Waals surface area contributed by atoms with Gasteiger partial charge < -0.3 is 10.1 Å². The van der Waals surface area contributed by atoms with Crippen LogP contribution in [0.3, 0.4) is 0 Å². The molecule has 0 aliphatic heterocycles. The number of nitrogens with zero attached hydrogens (tertiary/aromatic N) is 2. The number of aromatic nitrogens is 2. The van der Waals surface area contributed by atoms with Crippen molar-refractivity contribution in [1.82, 2.24) is 9.78 Å². The van der Waals surface area contributed by atoms with Crippen molar-refractivity contribution in [1.29, 1.82) is 0 Å².